The molecule has 2 atom stereocenters. The van der Waals surface area contributed by atoms with Gasteiger partial charge in [-0.05, 0) is 44.4 Å². The van der Waals surface area contributed by atoms with Crippen LogP contribution in [-0.4, -0.2) is 59.8 Å². The van der Waals surface area contributed by atoms with E-state index in [0.29, 0.717) is 17.9 Å². The minimum atomic E-state index is 0.263. The maximum atomic E-state index is 12.9. The van der Waals surface area contributed by atoms with Crippen LogP contribution in [0.2, 0.25) is 0 Å². The molecule has 2 unspecified atom stereocenters. The predicted octanol–water partition coefficient (Wildman–Crippen LogP) is 1.66. The number of hydrogen-bond donors (Lipinski definition) is 3. The molecule has 1 aliphatic carbocycles. The van der Waals surface area contributed by atoms with Gasteiger partial charge in [-0.1, -0.05) is 25.7 Å². The van der Waals surface area contributed by atoms with Crippen molar-refractivity contribution in [3.05, 3.63) is 0 Å². The van der Waals surface area contributed by atoms with Crippen molar-refractivity contribution in [3.63, 3.8) is 0 Å². The Balaban J connectivity index is 1.44. The van der Waals surface area contributed by atoms with Crippen molar-refractivity contribution < 1.29 is 9.90 Å². The molecule has 3 N–H and O–H groups in total. The van der Waals surface area contributed by atoms with Crippen LogP contribution in [0.25, 0.3) is 0 Å². The third kappa shape index (κ3) is 5.64. The molecule has 0 aromatic rings. The summed E-state index contributed by atoms with van der Waals surface area (Å²) in [5, 5.41) is 11.2. The Morgan fingerprint density at radius 2 is 1.84 bits per heavy atom. The van der Waals surface area contributed by atoms with Crippen molar-refractivity contribution in [2.75, 3.05) is 32.8 Å². The van der Waals surface area contributed by atoms with Gasteiger partial charge in [0.1, 0.15) is 0 Å². The topological polar surface area (TPSA) is 67.8 Å². The number of aliphatic hydroxyl groups is 1. The van der Waals surface area contributed by atoms with Gasteiger partial charge in [-0.25, -0.2) is 10.4 Å². The molecule has 1 saturated carbocycles. The minimum Gasteiger partial charge on any atom is -0.396 e. The molecule has 144 valence electrons. The SMILES string of the molecule is O=C(C1CCCCCC1)N1CCCC(CN2CC(CCCO)NN2)C1. The first-order chi connectivity index (χ1) is 12.3. The zero-order valence-corrected chi connectivity index (χ0v) is 15.6. The average molecular weight is 353 g/mol. The zero-order chi connectivity index (χ0) is 17.5. The highest BCUT2D eigenvalue weighted by molar-refractivity contribution is 5.79. The first-order valence-corrected chi connectivity index (χ1v) is 10.4. The first kappa shape index (κ1) is 19.1. The highest BCUT2D eigenvalue weighted by Gasteiger charge is 2.31. The van der Waals surface area contributed by atoms with E-state index >= 15 is 0 Å². The van der Waals surface area contributed by atoms with E-state index in [-0.39, 0.29) is 12.5 Å². The number of likely N-dealkylation sites (tertiary alicyclic amines) is 1. The van der Waals surface area contributed by atoms with Crippen LogP contribution in [0.4, 0.5) is 0 Å². The number of carbonyl (C=O) groups excluding carboxylic acids is 1. The standard InChI is InChI=1S/C19H36N4O2/c24-12-6-10-18-15-23(21-20-18)14-16-7-5-11-22(13-16)19(25)17-8-3-1-2-4-9-17/h16-18,20-21,24H,1-15H2. The lowest BCUT2D eigenvalue weighted by molar-refractivity contribution is -0.138. The molecule has 0 spiro atoms. The third-order valence-electron chi connectivity index (χ3n) is 6.09. The maximum Gasteiger partial charge on any atom is 0.225 e. The summed E-state index contributed by atoms with van der Waals surface area (Å²) < 4.78 is 0. The van der Waals surface area contributed by atoms with Crippen LogP contribution in [-0.2, 0) is 4.79 Å². The third-order valence-corrected chi connectivity index (χ3v) is 6.09. The summed E-state index contributed by atoms with van der Waals surface area (Å²) in [6.07, 6.45) is 11.5. The summed E-state index contributed by atoms with van der Waals surface area (Å²) in [6, 6.07) is 0.416. The molecular weight excluding hydrogens is 316 g/mol. The monoisotopic (exact) mass is 352 g/mol. The molecular formula is C19H36N4O2. The van der Waals surface area contributed by atoms with Gasteiger partial charge < -0.3 is 10.0 Å². The summed E-state index contributed by atoms with van der Waals surface area (Å²) in [6.45, 7) is 4.12. The van der Waals surface area contributed by atoms with E-state index in [2.05, 4.69) is 20.9 Å². The van der Waals surface area contributed by atoms with E-state index in [4.69, 9.17) is 5.11 Å². The van der Waals surface area contributed by atoms with Crippen LogP contribution in [0.5, 0.6) is 0 Å². The van der Waals surface area contributed by atoms with E-state index in [0.717, 1.165) is 58.3 Å². The van der Waals surface area contributed by atoms with Gasteiger partial charge in [-0.3, -0.25) is 4.79 Å². The Labute approximate surface area is 152 Å². The molecule has 0 aromatic heterocycles. The van der Waals surface area contributed by atoms with Crippen molar-refractivity contribution in [1.82, 2.24) is 20.9 Å². The Morgan fingerprint density at radius 3 is 2.60 bits per heavy atom. The maximum absolute atomic E-state index is 12.9. The molecule has 3 rings (SSSR count). The van der Waals surface area contributed by atoms with Gasteiger partial charge in [0, 0.05) is 44.7 Å². The molecule has 2 heterocycles. The number of aliphatic hydroxyl groups excluding tert-OH is 1. The zero-order valence-electron chi connectivity index (χ0n) is 15.6. The number of amides is 1. The van der Waals surface area contributed by atoms with E-state index in [1.807, 2.05) is 0 Å². The molecule has 3 fully saturated rings. The highest BCUT2D eigenvalue weighted by atomic mass is 16.3. The van der Waals surface area contributed by atoms with Gasteiger partial charge >= 0.3 is 0 Å². The second-order valence-corrected chi connectivity index (χ2v) is 8.20. The second-order valence-electron chi connectivity index (χ2n) is 8.20. The van der Waals surface area contributed by atoms with Crippen molar-refractivity contribution >= 4 is 5.91 Å². The van der Waals surface area contributed by atoms with Crippen molar-refractivity contribution in [3.8, 4) is 0 Å². The van der Waals surface area contributed by atoms with Crippen molar-refractivity contribution in [1.29, 1.82) is 0 Å². The van der Waals surface area contributed by atoms with Crippen LogP contribution in [0, 0.1) is 11.8 Å². The Kier molecular flexibility index (Phi) is 7.52. The molecule has 0 bridgehead atoms. The van der Waals surface area contributed by atoms with Gasteiger partial charge in [-0.15, -0.1) is 0 Å². The summed E-state index contributed by atoms with van der Waals surface area (Å²) in [5.74, 6) is 1.28. The number of carbonyl (C=O) groups is 1. The van der Waals surface area contributed by atoms with Crippen LogP contribution in [0.3, 0.4) is 0 Å². The fourth-order valence-corrected chi connectivity index (χ4v) is 4.67. The number of piperidine rings is 1. The van der Waals surface area contributed by atoms with Gasteiger partial charge in [0.2, 0.25) is 5.91 Å². The quantitative estimate of drug-likeness (QED) is 0.635. The van der Waals surface area contributed by atoms with E-state index in [1.165, 1.54) is 32.1 Å². The predicted molar refractivity (Wildman–Crippen MR) is 98.4 cm³/mol. The summed E-state index contributed by atoms with van der Waals surface area (Å²) in [7, 11) is 0. The number of hydrazine groups is 2. The number of nitrogens with zero attached hydrogens (tertiary/aromatic N) is 2. The van der Waals surface area contributed by atoms with E-state index in [9.17, 15) is 4.79 Å². The normalized spacial score (nSPS) is 29.7. The van der Waals surface area contributed by atoms with Gasteiger partial charge in [0.05, 0.1) is 0 Å². The summed E-state index contributed by atoms with van der Waals surface area (Å²) >= 11 is 0. The van der Waals surface area contributed by atoms with Crippen LogP contribution in [0.1, 0.15) is 64.2 Å². The van der Waals surface area contributed by atoms with Gasteiger partial charge in [0.25, 0.3) is 0 Å². The lowest BCUT2D eigenvalue weighted by atomic mass is 9.93. The first-order valence-electron chi connectivity index (χ1n) is 10.4. The fraction of sp³-hybridized carbons (Fsp3) is 0.947. The highest BCUT2D eigenvalue weighted by Crippen LogP contribution is 2.27. The fourth-order valence-electron chi connectivity index (χ4n) is 4.67. The minimum absolute atomic E-state index is 0.263. The Morgan fingerprint density at radius 1 is 1.04 bits per heavy atom. The smallest absolute Gasteiger partial charge is 0.225 e. The lowest BCUT2D eigenvalue weighted by Gasteiger charge is -2.36. The molecule has 3 aliphatic rings. The number of rotatable bonds is 6. The summed E-state index contributed by atoms with van der Waals surface area (Å²) in [5.41, 5.74) is 6.58. The molecule has 1 amide bonds. The molecule has 0 radical (unpaired) electrons. The molecule has 25 heavy (non-hydrogen) atoms. The lowest BCUT2D eigenvalue weighted by Crippen LogP contribution is -2.47. The van der Waals surface area contributed by atoms with Crippen LogP contribution in [0.15, 0.2) is 0 Å². The average Bonchev–Trinajstić information content (AvgIpc) is 2.90. The number of nitrogens with one attached hydrogen (secondary N) is 2. The van der Waals surface area contributed by atoms with Crippen molar-refractivity contribution in [2.24, 2.45) is 11.8 Å². The molecule has 6 heteroatoms. The van der Waals surface area contributed by atoms with E-state index in [1.54, 1.807) is 0 Å². The molecule has 0 aromatic carbocycles. The van der Waals surface area contributed by atoms with E-state index < -0.39 is 0 Å². The van der Waals surface area contributed by atoms with Crippen molar-refractivity contribution in [2.45, 2.75) is 70.3 Å². The van der Waals surface area contributed by atoms with Crippen LogP contribution >= 0.6 is 0 Å². The number of hydrogen-bond acceptors (Lipinski definition) is 5. The Hall–Kier alpha value is -0.690. The summed E-state index contributed by atoms with van der Waals surface area (Å²) in [4.78, 5) is 15.1. The second kappa shape index (κ2) is 9.86. The molecule has 2 aliphatic heterocycles. The van der Waals surface area contributed by atoms with Gasteiger partial charge in [0.15, 0.2) is 0 Å². The largest absolute Gasteiger partial charge is 0.396 e. The van der Waals surface area contributed by atoms with Gasteiger partial charge in [-0.2, -0.15) is 5.53 Å². The van der Waals surface area contributed by atoms with Crippen LogP contribution < -0.4 is 11.0 Å². The molecule has 6 nitrogen and oxygen atoms in total. The molecule has 2 saturated heterocycles. The Bertz CT molecular complexity index is 412.